The monoisotopic (exact) mass is 276 g/mol. The van der Waals surface area contributed by atoms with Crippen molar-refractivity contribution in [2.45, 2.75) is 77.3 Å². The second kappa shape index (κ2) is 7.63. The van der Waals surface area contributed by atoms with Crippen molar-refractivity contribution in [2.75, 3.05) is 0 Å². The van der Waals surface area contributed by atoms with E-state index < -0.39 is 0 Å². The van der Waals surface area contributed by atoms with Crippen LogP contribution in [-0.2, 0) is 6.42 Å². The minimum absolute atomic E-state index is 0.0282. The maximum atomic E-state index is 11.4. The van der Waals surface area contributed by atoms with E-state index in [0.717, 1.165) is 18.5 Å². The van der Waals surface area contributed by atoms with Gasteiger partial charge in [0.05, 0.1) is 0 Å². The molecule has 0 saturated carbocycles. The summed E-state index contributed by atoms with van der Waals surface area (Å²) < 4.78 is 0. The number of aromatic nitrogens is 1. The number of unbranched alkanes of at least 4 members (excludes halogenated alkanes) is 1. The summed E-state index contributed by atoms with van der Waals surface area (Å²) in [4.78, 5) is 14.4. The van der Waals surface area contributed by atoms with Gasteiger partial charge in [-0.3, -0.25) is 4.79 Å². The molecule has 0 saturated heterocycles. The molecule has 1 aromatic heterocycles. The summed E-state index contributed by atoms with van der Waals surface area (Å²) in [6, 6.07) is 4.72. The second-order valence-electron chi connectivity index (χ2n) is 6.00. The van der Waals surface area contributed by atoms with Gasteiger partial charge in [0.1, 0.15) is 0 Å². The SMILES string of the molecule is CCCCC(CCC)NC1CCCc2[nH]c(=O)ccc21. The first-order valence-electron chi connectivity index (χ1n) is 8.22. The van der Waals surface area contributed by atoms with Gasteiger partial charge in [-0.2, -0.15) is 0 Å². The van der Waals surface area contributed by atoms with Crippen molar-refractivity contribution in [1.29, 1.82) is 0 Å². The highest BCUT2D eigenvalue weighted by Gasteiger charge is 2.22. The Labute approximate surface area is 122 Å². The van der Waals surface area contributed by atoms with Crippen LogP contribution in [0.3, 0.4) is 0 Å². The number of nitrogens with one attached hydrogen (secondary N) is 2. The summed E-state index contributed by atoms with van der Waals surface area (Å²) >= 11 is 0. The first kappa shape index (κ1) is 15.3. The smallest absolute Gasteiger partial charge is 0.248 e. The molecule has 0 aromatic carbocycles. The number of H-pyrrole nitrogens is 1. The number of hydrogen-bond donors (Lipinski definition) is 2. The van der Waals surface area contributed by atoms with Crippen LogP contribution < -0.4 is 10.9 Å². The first-order chi connectivity index (χ1) is 9.74. The van der Waals surface area contributed by atoms with E-state index in [-0.39, 0.29) is 5.56 Å². The Morgan fingerprint density at radius 3 is 2.90 bits per heavy atom. The summed E-state index contributed by atoms with van der Waals surface area (Å²) in [5.74, 6) is 0. The van der Waals surface area contributed by atoms with Crippen LogP contribution in [0, 0.1) is 0 Å². The van der Waals surface area contributed by atoms with E-state index in [1.165, 1.54) is 44.1 Å². The lowest BCUT2D eigenvalue weighted by Crippen LogP contribution is -2.35. The minimum Gasteiger partial charge on any atom is -0.326 e. The number of rotatable bonds is 7. The van der Waals surface area contributed by atoms with Crippen molar-refractivity contribution in [2.24, 2.45) is 0 Å². The van der Waals surface area contributed by atoms with Gasteiger partial charge in [0.15, 0.2) is 0 Å². The Balaban J connectivity index is 2.07. The third kappa shape index (κ3) is 3.95. The van der Waals surface area contributed by atoms with Gasteiger partial charge in [-0.25, -0.2) is 0 Å². The molecule has 112 valence electrons. The topological polar surface area (TPSA) is 44.9 Å². The molecule has 0 bridgehead atoms. The van der Waals surface area contributed by atoms with Crippen LogP contribution in [-0.4, -0.2) is 11.0 Å². The molecule has 3 nitrogen and oxygen atoms in total. The fourth-order valence-electron chi connectivity index (χ4n) is 3.27. The summed E-state index contributed by atoms with van der Waals surface area (Å²) in [7, 11) is 0. The Bertz CT molecular complexity index is 466. The third-order valence-corrected chi connectivity index (χ3v) is 4.31. The van der Waals surface area contributed by atoms with E-state index in [1.807, 2.05) is 6.07 Å². The average molecular weight is 276 g/mol. The van der Waals surface area contributed by atoms with Crippen LogP contribution in [0.1, 0.15) is 76.1 Å². The molecule has 0 spiro atoms. The summed E-state index contributed by atoms with van der Waals surface area (Å²) in [6.45, 7) is 4.51. The highest BCUT2D eigenvalue weighted by molar-refractivity contribution is 5.26. The van der Waals surface area contributed by atoms with Crippen molar-refractivity contribution < 1.29 is 0 Å². The molecule has 0 aliphatic heterocycles. The maximum Gasteiger partial charge on any atom is 0.248 e. The number of pyridine rings is 1. The van der Waals surface area contributed by atoms with Crippen molar-refractivity contribution in [1.82, 2.24) is 10.3 Å². The molecule has 0 amide bonds. The van der Waals surface area contributed by atoms with E-state index in [2.05, 4.69) is 24.1 Å². The second-order valence-corrected chi connectivity index (χ2v) is 6.00. The van der Waals surface area contributed by atoms with Gasteiger partial charge in [-0.15, -0.1) is 0 Å². The molecule has 1 aliphatic carbocycles. The molecule has 2 N–H and O–H groups in total. The first-order valence-corrected chi connectivity index (χ1v) is 8.22. The molecule has 3 heteroatoms. The average Bonchev–Trinajstić information content (AvgIpc) is 2.45. The molecule has 0 radical (unpaired) electrons. The lowest BCUT2D eigenvalue weighted by Gasteiger charge is -2.30. The predicted octanol–water partition coefficient (Wildman–Crippen LogP) is 3.70. The summed E-state index contributed by atoms with van der Waals surface area (Å²) in [5.41, 5.74) is 2.49. The molecular weight excluding hydrogens is 248 g/mol. The number of aromatic amines is 1. The van der Waals surface area contributed by atoms with E-state index in [4.69, 9.17) is 0 Å². The van der Waals surface area contributed by atoms with Gasteiger partial charge in [-0.05, 0) is 37.7 Å². The Kier molecular flexibility index (Phi) is 5.84. The molecular formula is C17H28N2O. The van der Waals surface area contributed by atoms with E-state index in [0.29, 0.717) is 12.1 Å². The van der Waals surface area contributed by atoms with Crippen molar-refractivity contribution in [3.05, 3.63) is 33.7 Å². The van der Waals surface area contributed by atoms with Crippen LogP contribution in [0.2, 0.25) is 0 Å². The van der Waals surface area contributed by atoms with Gasteiger partial charge in [0.2, 0.25) is 5.56 Å². The van der Waals surface area contributed by atoms with Crippen LogP contribution in [0.15, 0.2) is 16.9 Å². The van der Waals surface area contributed by atoms with E-state index in [9.17, 15) is 4.79 Å². The lowest BCUT2D eigenvalue weighted by molar-refractivity contribution is 0.354. The molecule has 2 atom stereocenters. The van der Waals surface area contributed by atoms with Crippen molar-refractivity contribution in [3.63, 3.8) is 0 Å². The van der Waals surface area contributed by atoms with Gasteiger partial charge < -0.3 is 10.3 Å². The van der Waals surface area contributed by atoms with E-state index >= 15 is 0 Å². The Morgan fingerprint density at radius 1 is 1.30 bits per heavy atom. The normalized spacial score (nSPS) is 19.6. The fraction of sp³-hybridized carbons (Fsp3) is 0.706. The standard InChI is InChI=1S/C17H28N2O/c1-3-5-8-13(7-4-2)18-15-9-6-10-16-14(15)11-12-17(20)19-16/h11-13,15,18H,3-10H2,1-2H3,(H,19,20). The summed E-state index contributed by atoms with van der Waals surface area (Å²) in [5, 5.41) is 3.85. The molecule has 1 aliphatic rings. The summed E-state index contributed by atoms with van der Waals surface area (Å²) in [6.07, 6.45) is 9.65. The quantitative estimate of drug-likeness (QED) is 0.797. The maximum absolute atomic E-state index is 11.4. The lowest BCUT2D eigenvalue weighted by atomic mass is 9.90. The number of fused-ring (bicyclic) bond motifs is 1. The molecule has 20 heavy (non-hydrogen) atoms. The molecule has 1 heterocycles. The largest absolute Gasteiger partial charge is 0.326 e. The van der Waals surface area contributed by atoms with Gasteiger partial charge in [0, 0.05) is 23.8 Å². The number of aryl methyl sites for hydroxylation is 1. The highest BCUT2D eigenvalue weighted by Crippen LogP contribution is 2.28. The molecule has 2 rings (SSSR count). The molecule has 2 unspecified atom stereocenters. The van der Waals surface area contributed by atoms with Crippen LogP contribution in [0.5, 0.6) is 0 Å². The van der Waals surface area contributed by atoms with Gasteiger partial charge in [-0.1, -0.05) is 39.2 Å². The van der Waals surface area contributed by atoms with Gasteiger partial charge >= 0.3 is 0 Å². The zero-order valence-corrected chi connectivity index (χ0v) is 12.9. The Hall–Kier alpha value is -1.09. The minimum atomic E-state index is 0.0282. The van der Waals surface area contributed by atoms with E-state index in [1.54, 1.807) is 6.07 Å². The predicted molar refractivity (Wildman–Crippen MR) is 84.1 cm³/mol. The van der Waals surface area contributed by atoms with Crippen LogP contribution in [0.25, 0.3) is 0 Å². The zero-order chi connectivity index (χ0) is 14.4. The highest BCUT2D eigenvalue weighted by atomic mass is 16.1. The fourth-order valence-corrected chi connectivity index (χ4v) is 3.27. The van der Waals surface area contributed by atoms with Crippen molar-refractivity contribution in [3.8, 4) is 0 Å². The molecule has 0 fully saturated rings. The Morgan fingerprint density at radius 2 is 2.15 bits per heavy atom. The number of hydrogen-bond acceptors (Lipinski definition) is 2. The third-order valence-electron chi connectivity index (χ3n) is 4.31. The molecule has 1 aromatic rings. The van der Waals surface area contributed by atoms with Crippen LogP contribution in [0.4, 0.5) is 0 Å². The van der Waals surface area contributed by atoms with Crippen LogP contribution >= 0.6 is 0 Å². The van der Waals surface area contributed by atoms with Gasteiger partial charge in [0.25, 0.3) is 0 Å². The zero-order valence-electron chi connectivity index (χ0n) is 12.9. The van der Waals surface area contributed by atoms with Crippen molar-refractivity contribution >= 4 is 0 Å².